The maximum atomic E-state index is 6.05. The first kappa shape index (κ1) is 11.2. The van der Waals surface area contributed by atoms with Crippen LogP contribution in [0, 0.1) is 0 Å². The Bertz CT molecular complexity index is 357. The monoisotopic (exact) mass is 221 g/mol. The van der Waals surface area contributed by atoms with Gasteiger partial charge in [0.05, 0.1) is 0 Å². The van der Waals surface area contributed by atoms with E-state index in [2.05, 4.69) is 23.2 Å². The topological polar surface area (TPSA) is 70.9 Å². The predicted molar refractivity (Wildman–Crippen MR) is 65.4 cm³/mol. The molecule has 2 atom stereocenters. The lowest BCUT2D eigenvalue weighted by molar-refractivity contribution is 0.0943. The Kier molecular flexibility index (Phi) is 2.98. The average molecular weight is 221 g/mol. The minimum absolute atomic E-state index is 0.0530. The van der Waals surface area contributed by atoms with Gasteiger partial charge in [-0.15, -0.1) is 0 Å². The number of hydrogen-bond acceptors (Lipinski definition) is 5. The maximum Gasteiger partial charge on any atom is 0.195 e. The predicted octanol–water partition coefficient (Wildman–Crippen LogP) is 0.0231. The summed E-state index contributed by atoms with van der Waals surface area (Å²) in [6, 6.07) is 0. The van der Waals surface area contributed by atoms with Crippen LogP contribution >= 0.6 is 0 Å². The molecule has 1 heterocycles. The number of rotatable bonds is 1. The standard InChI is InChI=1S/C11H19N5/c1-15-9(8-6-4-3-5-7-8)14-10(12)16(2)11(15)13/h4,6-7,9,11H,3,5,13H2,1-2H3,(H2,12,14). The third-order valence-electron chi connectivity index (χ3n) is 3.14. The maximum absolute atomic E-state index is 6.05. The van der Waals surface area contributed by atoms with Crippen molar-refractivity contribution in [3.05, 3.63) is 23.8 Å². The van der Waals surface area contributed by atoms with Gasteiger partial charge in [-0.1, -0.05) is 18.2 Å². The largest absolute Gasteiger partial charge is 0.370 e. The van der Waals surface area contributed by atoms with Crippen molar-refractivity contribution in [2.75, 3.05) is 14.1 Å². The highest BCUT2D eigenvalue weighted by molar-refractivity contribution is 5.79. The van der Waals surface area contributed by atoms with E-state index in [1.54, 1.807) is 4.90 Å². The van der Waals surface area contributed by atoms with Crippen LogP contribution in [0.15, 0.2) is 28.8 Å². The van der Waals surface area contributed by atoms with Gasteiger partial charge in [-0.25, -0.2) is 9.89 Å². The molecular weight excluding hydrogens is 202 g/mol. The van der Waals surface area contributed by atoms with Crippen LogP contribution in [0.5, 0.6) is 0 Å². The van der Waals surface area contributed by atoms with Gasteiger partial charge in [0.25, 0.3) is 0 Å². The molecule has 1 aliphatic heterocycles. The number of guanidine groups is 1. The van der Waals surface area contributed by atoms with E-state index < -0.39 is 0 Å². The molecule has 1 aliphatic carbocycles. The van der Waals surface area contributed by atoms with Crippen LogP contribution in [0.2, 0.25) is 0 Å². The molecular formula is C11H19N5. The summed E-state index contributed by atoms with van der Waals surface area (Å²) in [7, 11) is 3.81. The summed E-state index contributed by atoms with van der Waals surface area (Å²) < 4.78 is 0. The van der Waals surface area contributed by atoms with Gasteiger partial charge in [-0.3, -0.25) is 5.73 Å². The Hall–Kier alpha value is -1.33. The fourth-order valence-corrected chi connectivity index (χ4v) is 2.00. The highest BCUT2D eigenvalue weighted by Crippen LogP contribution is 2.22. The molecule has 0 fully saturated rings. The van der Waals surface area contributed by atoms with Gasteiger partial charge < -0.3 is 10.6 Å². The smallest absolute Gasteiger partial charge is 0.195 e. The van der Waals surface area contributed by atoms with E-state index in [9.17, 15) is 0 Å². The lowest BCUT2D eigenvalue weighted by Gasteiger charge is -2.41. The fraction of sp³-hybridized carbons (Fsp3) is 0.545. The second-order valence-electron chi connectivity index (χ2n) is 4.23. The van der Waals surface area contributed by atoms with Gasteiger partial charge in [-0.2, -0.15) is 0 Å². The first-order valence-corrected chi connectivity index (χ1v) is 5.51. The van der Waals surface area contributed by atoms with Gasteiger partial charge in [0.1, 0.15) is 12.5 Å². The van der Waals surface area contributed by atoms with E-state index in [0.717, 1.165) is 12.8 Å². The van der Waals surface area contributed by atoms with Crippen molar-refractivity contribution in [2.24, 2.45) is 16.5 Å². The first-order valence-electron chi connectivity index (χ1n) is 5.51. The van der Waals surface area contributed by atoms with Crippen molar-refractivity contribution in [2.45, 2.75) is 25.3 Å². The Morgan fingerprint density at radius 1 is 1.38 bits per heavy atom. The molecule has 0 amide bonds. The normalized spacial score (nSPS) is 31.3. The van der Waals surface area contributed by atoms with Crippen molar-refractivity contribution in [1.29, 1.82) is 0 Å². The molecule has 2 aliphatic rings. The molecule has 0 aromatic heterocycles. The Balaban J connectivity index is 2.27. The van der Waals surface area contributed by atoms with Gasteiger partial charge in [0.15, 0.2) is 5.96 Å². The molecule has 0 radical (unpaired) electrons. The third kappa shape index (κ3) is 1.83. The van der Waals surface area contributed by atoms with E-state index in [1.165, 1.54) is 5.57 Å². The van der Waals surface area contributed by atoms with Crippen LogP contribution in [0.4, 0.5) is 0 Å². The number of allylic oxidation sites excluding steroid dienone is 2. The summed E-state index contributed by atoms with van der Waals surface area (Å²) >= 11 is 0. The van der Waals surface area contributed by atoms with Crippen LogP contribution in [0.25, 0.3) is 0 Å². The number of nitrogens with zero attached hydrogens (tertiary/aromatic N) is 3. The molecule has 0 spiro atoms. The van der Waals surface area contributed by atoms with E-state index in [4.69, 9.17) is 11.5 Å². The summed E-state index contributed by atoms with van der Waals surface area (Å²) in [6.45, 7) is 0. The first-order chi connectivity index (χ1) is 7.61. The van der Waals surface area contributed by atoms with E-state index in [-0.39, 0.29) is 12.5 Å². The second-order valence-corrected chi connectivity index (χ2v) is 4.23. The van der Waals surface area contributed by atoms with Crippen molar-refractivity contribution in [3.8, 4) is 0 Å². The van der Waals surface area contributed by atoms with Crippen molar-refractivity contribution in [1.82, 2.24) is 9.80 Å². The highest BCUT2D eigenvalue weighted by Gasteiger charge is 2.30. The van der Waals surface area contributed by atoms with E-state index >= 15 is 0 Å². The van der Waals surface area contributed by atoms with Crippen LogP contribution < -0.4 is 11.5 Å². The summed E-state index contributed by atoms with van der Waals surface area (Å²) in [5.74, 6) is 0.496. The SMILES string of the molecule is CN1C(N)=NC(C2=CCCC=C2)N(C)C1N. The molecule has 4 N–H and O–H groups in total. The van der Waals surface area contributed by atoms with E-state index in [1.807, 2.05) is 19.0 Å². The third-order valence-corrected chi connectivity index (χ3v) is 3.14. The summed E-state index contributed by atoms with van der Waals surface area (Å²) in [5.41, 5.74) is 13.1. The highest BCUT2D eigenvalue weighted by atomic mass is 15.5. The zero-order chi connectivity index (χ0) is 11.7. The van der Waals surface area contributed by atoms with Crippen molar-refractivity contribution >= 4 is 5.96 Å². The van der Waals surface area contributed by atoms with Crippen LogP contribution in [-0.2, 0) is 0 Å². The molecule has 0 aromatic rings. The number of nitrogens with two attached hydrogens (primary N) is 2. The molecule has 2 unspecified atom stereocenters. The Morgan fingerprint density at radius 3 is 2.75 bits per heavy atom. The zero-order valence-electron chi connectivity index (χ0n) is 9.80. The molecule has 0 saturated carbocycles. The van der Waals surface area contributed by atoms with Crippen LogP contribution in [0.3, 0.4) is 0 Å². The van der Waals surface area contributed by atoms with Crippen molar-refractivity contribution in [3.63, 3.8) is 0 Å². The Morgan fingerprint density at radius 2 is 2.12 bits per heavy atom. The molecule has 0 aromatic carbocycles. The van der Waals surface area contributed by atoms with Gasteiger partial charge >= 0.3 is 0 Å². The van der Waals surface area contributed by atoms with E-state index in [0.29, 0.717) is 5.96 Å². The number of likely N-dealkylation sites (N-methyl/N-ethyl adjacent to an activating group) is 1. The molecule has 0 saturated heterocycles. The number of hydrogen-bond donors (Lipinski definition) is 2. The lowest BCUT2D eigenvalue weighted by Crippen LogP contribution is -2.62. The quantitative estimate of drug-likeness (QED) is 0.655. The molecule has 2 rings (SSSR count). The summed E-state index contributed by atoms with van der Waals surface area (Å²) in [5, 5.41) is 0. The minimum Gasteiger partial charge on any atom is -0.370 e. The van der Waals surface area contributed by atoms with Gasteiger partial charge in [0, 0.05) is 7.05 Å². The molecule has 5 nitrogen and oxygen atoms in total. The molecule has 0 bridgehead atoms. The average Bonchev–Trinajstić information content (AvgIpc) is 2.32. The molecule has 16 heavy (non-hydrogen) atoms. The fourth-order valence-electron chi connectivity index (χ4n) is 2.00. The lowest BCUT2D eigenvalue weighted by atomic mass is 10.0. The molecule has 88 valence electrons. The summed E-state index contributed by atoms with van der Waals surface area (Å²) in [4.78, 5) is 8.24. The molecule has 5 heteroatoms. The van der Waals surface area contributed by atoms with Gasteiger partial charge in [0.2, 0.25) is 0 Å². The second kappa shape index (κ2) is 4.27. The zero-order valence-corrected chi connectivity index (χ0v) is 9.80. The van der Waals surface area contributed by atoms with Crippen LogP contribution in [-0.4, -0.2) is 42.3 Å². The van der Waals surface area contributed by atoms with Crippen LogP contribution in [0.1, 0.15) is 12.8 Å². The Labute approximate surface area is 96.1 Å². The summed E-state index contributed by atoms with van der Waals surface area (Å²) in [6.07, 6.45) is 8.37. The van der Waals surface area contributed by atoms with Gasteiger partial charge in [-0.05, 0) is 25.5 Å². The number of aliphatic imine (C=N–C) groups is 1. The minimum atomic E-state index is -0.223. The van der Waals surface area contributed by atoms with Crippen molar-refractivity contribution < 1.29 is 0 Å².